The molecule has 0 saturated carbocycles. The van der Waals surface area contributed by atoms with Crippen LogP contribution in [0.4, 0.5) is 11.4 Å². The van der Waals surface area contributed by atoms with Crippen LogP contribution in [-0.2, 0) is 15.0 Å². The quantitative estimate of drug-likeness (QED) is 0.828. The molecule has 2 amide bonds. The molecule has 0 saturated heterocycles. The highest BCUT2D eigenvalue weighted by Gasteiger charge is 2.21. The molecule has 0 heterocycles. The minimum Gasteiger partial charge on any atom is -0.325 e. The van der Waals surface area contributed by atoms with Crippen molar-refractivity contribution in [1.82, 2.24) is 0 Å². The number of benzene rings is 1. The first kappa shape index (κ1) is 17.8. The van der Waals surface area contributed by atoms with Gasteiger partial charge in [0.05, 0.1) is 0 Å². The van der Waals surface area contributed by atoms with Gasteiger partial charge in [-0.1, -0.05) is 26.8 Å². The third-order valence-electron chi connectivity index (χ3n) is 2.96. The van der Waals surface area contributed by atoms with Crippen LogP contribution in [0.15, 0.2) is 12.1 Å². The molecule has 0 aliphatic heterocycles. The highest BCUT2D eigenvalue weighted by molar-refractivity contribution is 6.29. The van der Waals surface area contributed by atoms with Crippen LogP contribution in [0.2, 0.25) is 0 Å². The van der Waals surface area contributed by atoms with E-state index in [0.717, 1.165) is 11.1 Å². The zero-order valence-corrected chi connectivity index (χ0v) is 14.2. The molecule has 0 aliphatic carbocycles. The molecule has 2 N–H and O–H groups in total. The SMILES string of the molecule is Cc1cc(C(C)(C)C)c(NC(=O)CCl)cc1NC(=O)CCl. The van der Waals surface area contributed by atoms with Crippen LogP contribution < -0.4 is 10.6 Å². The van der Waals surface area contributed by atoms with E-state index in [-0.39, 0.29) is 29.0 Å². The number of nitrogens with one attached hydrogen (secondary N) is 2. The fourth-order valence-corrected chi connectivity index (χ4v) is 2.07. The lowest BCUT2D eigenvalue weighted by molar-refractivity contribution is -0.114. The average molecular weight is 331 g/mol. The second kappa shape index (κ2) is 7.14. The summed E-state index contributed by atoms with van der Waals surface area (Å²) in [5.74, 6) is -0.830. The summed E-state index contributed by atoms with van der Waals surface area (Å²) < 4.78 is 0. The van der Waals surface area contributed by atoms with Gasteiger partial charge in [-0.2, -0.15) is 0 Å². The molecule has 116 valence electrons. The summed E-state index contributed by atoms with van der Waals surface area (Å²) in [4.78, 5) is 23.0. The number of carbonyl (C=O) groups is 2. The Kier molecular flexibility index (Phi) is 6.05. The van der Waals surface area contributed by atoms with E-state index in [1.165, 1.54) is 0 Å². The zero-order chi connectivity index (χ0) is 16.2. The third kappa shape index (κ3) is 4.90. The van der Waals surface area contributed by atoms with Crippen molar-refractivity contribution in [2.24, 2.45) is 0 Å². The van der Waals surface area contributed by atoms with Crippen molar-refractivity contribution in [3.8, 4) is 0 Å². The number of hydrogen-bond donors (Lipinski definition) is 2. The summed E-state index contributed by atoms with van der Waals surface area (Å²) >= 11 is 11.1. The maximum Gasteiger partial charge on any atom is 0.239 e. The fraction of sp³-hybridized carbons (Fsp3) is 0.467. The Balaban J connectivity index is 3.30. The molecule has 0 bridgehead atoms. The van der Waals surface area contributed by atoms with Crippen LogP contribution in [0, 0.1) is 6.92 Å². The lowest BCUT2D eigenvalue weighted by atomic mass is 9.84. The minimum atomic E-state index is -0.294. The molecular weight excluding hydrogens is 311 g/mol. The van der Waals surface area contributed by atoms with Crippen LogP contribution in [0.3, 0.4) is 0 Å². The summed E-state index contributed by atoms with van der Waals surface area (Å²) in [5, 5.41) is 5.49. The van der Waals surface area contributed by atoms with Gasteiger partial charge < -0.3 is 10.6 Å². The lowest BCUT2D eigenvalue weighted by Crippen LogP contribution is -2.21. The standard InChI is InChI=1S/C15H20Cl2N2O2/c1-9-5-10(15(2,3)4)12(19-14(21)8-17)6-11(9)18-13(20)7-16/h5-6H,7-8H2,1-4H3,(H,18,20)(H,19,21). The molecule has 6 heteroatoms. The van der Waals surface area contributed by atoms with Gasteiger partial charge in [-0.05, 0) is 29.5 Å². The predicted molar refractivity (Wildman–Crippen MR) is 88.6 cm³/mol. The molecular formula is C15H20Cl2N2O2. The Morgan fingerprint density at radius 1 is 1.00 bits per heavy atom. The second-order valence-electron chi connectivity index (χ2n) is 5.83. The Bertz CT molecular complexity index is 551. The van der Waals surface area contributed by atoms with Crippen LogP contribution in [-0.4, -0.2) is 23.6 Å². The van der Waals surface area contributed by atoms with Crippen LogP contribution in [0.25, 0.3) is 0 Å². The van der Waals surface area contributed by atoms with Gasteiger partial charge in [0.2, 0.25) is 11.8 Å². The second-order valence-corrected chi connectivity index (χ2v) is 6.36. The van der Waals surface area contributed by atoms with Crippen molar-refractivity contribution < 1.29 is 9.59 Å². The first-order valence-corrected chi connectivity index (χ1v) is 7.62. The Morgan fingerprint density at radius 2 is 1.48 bits per heavy atom. The molecule has 21 heavy (non-hydrogen) atoms. The number of amides is 2. The number of halogens is 2. The largest absolute Gasteiger partial charge is 0.325 e. The van der Waals surface area contributed by atoms with Gasteiger partial charge in [-0.15, -0.1) is 23.2 Å². The van der Waals surface area contributed by atoms with E-state index in [4.69, 9.17) is 23.2 Å². The highest BCUT2D eigenvalue weighted by atomic mass is 35.5. The van der Waals surface area contributed by atoms with Gasteiger partial charge in [-0.25, -0.2) is 0 Å². The monoisotopic (exact) mass is 330 g/mol. The zero-order valence-electron chi connectivity index (χ0n) is 12.6. The normalized spacial score (nSPS) is 11.1. The van der Waals surface area contributed by atoms with Gasteiger partial charge in [0.15, 0.2) is 0 Å². The smallest absolute Gasteiger partial charge is 0.239 e. The Hall–Kier alpha value is -1.26. The van der Waals surface area contributed by atoms with Crippen molar-refractivity contribution in [1.29, 1.82) is 0 Å². The molecule has 4 nitrogen and oxygen atoms in total. The highest BCUT2D eigenvalue weighted by Crippen LogP contribution is 2.34. The van der Waals surface area contributed by atoms with E-state index in [1.807, 2.05) is 13.0 Å². The van der Waals surface area contributed by atoms with Gasteiger partial charge in [0.1, 0.15) is 11.8 Å². The summed E-state index contributed by atoms with van der Waals surface area (Å²) in [6.07, 6.45) is 0. The lowest BCUT2D eigenvalue weighted by Gasteiger charge is -2.25. The number of hydrogen-bond acceptors (Lipinski definition) is 2. The van der Waals surface area contributed by atoms with E-state index in [9.17, 15) is 9.59 Å². The van der Waals surface area contributed by atoms with Crippen LogP contribution in [0.1, 0.15) is 31.9 Å². The fourth-order valence-electron chi connectivity index (χ4n) is 1.93. The van der Waals surface area contributed by atoms with Crippen molar-refractivity contribution in [3.63, 3.8) is 0 Å². The van der Waals surface area contributed by atoms with Gasteiger partial charge in [0.25, 0.3) is 0 Å². The molecule has 0 radical (unpaired) electrons. The Labute approximate surface area is 135 Å². The van der Waals surface area contributed by atoms with Crippen molar-refractivity contribution >= 4 is 46.4 Å². The molecule has 0 spiro atoms. The third-order valence-corrected chi connectivity index (χ3v) is 3.45. The van der Waals surface area contributed by atoms with Gasteiger partial charge in [-0.3, -0.25) is 9.59 Å². The van der Waals surface area contributed by atoms with E-state index in [0.29, 0.717) is 11.4 Å². The first-order valence-electron chi connectivity index (χ1n) is 6.55. The molecule has 0 unspecified atom stereocenters. The average Bonchev–Trinajstić information content (AvgIpc) is 2.40. The molecule has 0 aliphatic rings. The number of aryl methyl sites for hydroxylation is 1. The van der Waals surface area contributed by atoms with E-state index < -0.39 is 0 Å². The molecule has 0 aromatic heterocycles. The number of alkyl halides is 2. The summed E-state index contributed by atoms with van der Waals surface area (Å²) in [6.45, 7) is 8.05. The Morgan fingerprint density at radius 3 is 1.90 bits per heavy atom. The molecule has 0 fully saturated rings. The van der Waals surface area contributed by atoms with Crippen LogP contribution >= 0.6 is 23.2 Å². The summed E-state index contributed by atoms with van der Waals surface area (Å²) in [7, 11) is 0. The van der Waals surface area contributed by atoms with Crippen molar-refractivity contribution in [2.75, 3.05) is 22.4 Å². The maximum absolute atomic E-state index is 11.6. The summed E-state index contributed by atoms with van der Waals surface area (Å²) in [6, 6.07) is 3.69. The molecule has 1 aromatic rings. The maximum atomic E-state index is 11.6. The number of rotatable bonds is 4. The molecule has 0 atom stereocenters. The minimum absolute atomic E-state index is 0.121. The van der Waals surface area contributed by atoms with E-state index >= 15 is 0 Å². The number of anilines is 2. The van der Waals surface area contributed by atoms with Crippen LogP contribution in [0.5, 0.6) is 0 Å². The van der Waals surface area contributed by atoms with Gasteiger partial charge >= 0.3 is 0 Å². The predicted octanol–water partition coefficient (Wildman–Crippen LogP) is 3.65. The number of carbonyl (C=O) groups excluding carboxylic acids is 2. The first-order chi connectivity index (χ1) is 9.68. The topological polar surface area (TPSA) is 58.2 Å². The summed E-state index contributed by atoms with van der Waals surface area (Å²) in [5.41, 5.74) is 2.99. The van der Waals surface area contributed by atoms with Gasteiger partial charge in [0, 0.05) is 11.4 Å². The van der Waals surface area contributed by atoms with Crippen molar-refractivity contribution in [3.05, 3.63) is 23.3 Å². The molecule has 1 aromatic carbocycles. The van der Waals surface area contributed by atoms with E-state index in [1.54, 1.807) is 6.07 Å². The van der Waals surface area contributed by atoms with E-state index in [2.05, 4.69) is 31.4 Å². The van der Waals surface area contributed by atoms with Crippen molar-refractivity contribution in [2.45, 2.75) is 33.1 Å². The molecule has 1 rings (SSSR count).